The Morgan fingerprint density at radius 2 is 1.93 bits per heavy atom. The SMILES string of the molecule is Cc1ccc(C2(C)NC(=O)N(CCCOc3cccc(C#N)c3)C2=O)cc1. The molecule has 0 bridgehead atoms. The van der Waals surface area contributed by atoms with Crippen LogP contribution in [0.15, 0.2) is 48.5 Å². The van der Waals surface area contributed by atoms with E-state index in [2.05, 4.69) is 11.4 Å². The number of imide groups is 1. The number of carbonyl (C=O) groups excluding carboxylic acids is 2. The number of nitrogens with zero attached hydrogens (tertiary/aromatic N) is 2. The number of urea groups is 1. The molecule has 0 saturated carbocycles. The molecule has 2 aromatic rings. The van der Waals surface area contributed by atoms with Crippen LogP contribution < -0.4 is 10.1 Å². The number of hydrogen-bond donors (Lipinski definition) is 1. The third-order valence-corrected chi connectivity index (χ3v) is 4.66. The van der Waals surface area contributed by atoms with E-state index in [1.165, 1.54) is 4.90 Å². The second kappa shape index (κ2) is 7.50. The molecule has 27 heavy (non-hydrogen) atoms. The monoisotopic (exact) mass is 363 g/mol. The molecule has 0 aromatic heterocycles. The van der Waals surface area contributed by atoms with Crippen LogP contribution in [-0.2, 0) is 10.3 Å². The van der Waals surface area contributed by atoms with Crippen LogP contribution in [0.25, 0.3) is 0 Å². The smallest absolute Gasteiger partial charge is 0.325 e. The molecular weight excluding hydrogens is 342 g/mol. The zero-order valence-corrected chi connectivity index (χ0v) is 15.4. The molecule has 0 aliphatic carbocycles. The number of nitrogens with one attached hydrogen (secondary N) is 1. The van der Waals surface area contributed by atoms with E-state index in [9.17, 15) is 9.59 Å². The average molecular weight is 363 g/mol. The molecule has 0 radical (unpaired) electrons. The molecule has 3 amide bonds. The van der Waals surface area contributed by atoms with E-state index in [4.69, 9.17) is 10.00 Å². The summed E-state index contributed by atoms with van der Waals surface area (Å²) in [5.41, 5.74) is 1.33. The number of benzene rings is 2. The number of nitriles is 1. The lowest BCUT2D eigenvalue weighted by atomic mass is 9.91. The van der Waals surface area contributed by atoms with Crippen molar-refractivity contribution in [1.29, 1.82) is 5.26 Å². The number of rotatable bonds is 6. The average Bonchev–Trinajstić information content (AvgIpc) is 2.89. The summed E-state index contributed by atoms with van der Waals surface area (Å²) in [6.45, 7) is 4.30. The fraction of sp³-hybridized carbons (Fsp3) is 0.286. The van der Waals surface area contributed by atoms with Gasteiger partial charge in [-0.2, -0.15) is 5.26 Å². The summed E-state index contributed by atoms with van der Waals surface area (Å²) in [6.07, 6.45) is 0.500. The lowest BCUT2D eigenvalue weighted by molar-refractivity contribution is -0.131. The summed E-state index contributed by atoms with van der Waals surface area (Å²) in [6, 6.07) is 16.1. The van der Waals surface area contributed by atoms with Gasteiger partial charge in [0.25, 0.3) is 5.91 Å². The van der Waals surface area contributed by atoms with Gasteiger partial charge in [0, 0.05) is 6.54 Å². The van der Waals surface area contributed by atoms with Crippen molar-refractivity contribution in [3.8, 4) is 11.8 Å². The van der Waals surface area contributed by atoms with Gasteiger partial charge in [-0.25, -0.2) is 4.79 Å². The maximum absolute atomic E-state index is 12.8. The topological polar surface area (TPSA) is 82.4 Å². The first-order valence-corrected chi connectivity index (χ1v) is 8.78. The molecule has 3 rings (SSSR count). The van der Waals surface area contributed by atoms with E-state index in [-0.39, 0.29) is 12.5 Å². The van der Waals surface area contributed by atoms with Crippen molar-refractivity contribution in [2.24, 2.45) is 0 Å². The standard InChI is InChI=1S/C21H21N3O3/c1-15-7-9-17(10-8-15)21(2)19(25)24(20(26)23-21)11-4-12-27-18-6-3-5-16(13-18)14-22/h3,5-10,13H,4,11-12H2,1-2H3,(H,23,26). The van der Waals surface area contributed by atoms with Crippen LogP contribution in [0, 0.1) is 18.3 Å². The Morgan fingerprint density at radius 3 is 2.63 bits per heavy atom. The van der Waals surface area contributed by atoms with Crippen molar-refractivity contribution >= 4 is 11.9 Å². The predicted molar refractivity (Wildman–Crippen MR) is 100 cm³/mol. The Bertz CT molecular complexity index is 902. The first kappa shape index (κ1) is 18.5. The number of amides is 3. The largest absolute Gasteiger partial charge is 0.493 e. The Kier molecular flexibility index (Phi) is 5.13. The van der Waals surface area contributed by atoms with E-state index < -0.39 is 11.6 Å². The Labute approximate surface area is 158 Å². The maximum atomic E-state index is 12.8. The lowest BCUT2D eigenvalue weighted by Crippen LogP contribution is -2.41. The second-order valence-corrected chi connectivity index (χ2v) is 6.72. The highest BCUT2D eigenvalue weighted by Gasteiger charge is 2.48. The molecule has 0 spiro atoms. The van der Waals surface area contributed by atoms with Crippen molar-refractivity contribution in [2.75, 3.05) is 13.2 Å². The van der Waals surface area contributed by atoms with Crippen LogP contribution in [-0.4, -0.2) is 30.0 Å². The van der Waals surface area contributed by atoms with Gasteiger partial charge in [-0.05, 0) is 44.0 Å². The molecule has 1 fully saturated rings. The van der Waals surface area contributed by atoms with Gasteiger partial charge in [-0.3, -0.25) is 9.69 Å². The molecule has 2 aromatic carbocycles. The minimum atomic E-state index is -1.05. The summed E-state index contributed by atoms with van der Waals surface area (Å²) < 4.78 is 5.61. The highest BCUT2D eigenvalue weighted by molar-refractivity contribution is 6.07. The van der Waals surface area contributed by atoms with Crippen molar-refractivity contribution in [2.45, 2.75) is 25.8 Å². The molecule has 138 valence electrons. The number of ether oxygens (including phenoxy) is 1. The Morgan fingerprint density at radius 1 is 1.19 bits per heavy atom. The van der Waals surface area contributed by atoms with Gasteiger partial charge in [0.1, 0.15) is 11.3 Å². The lowest BCUT2D eigenvalue weighted by Gasteiger charge is -2.22. The van der Waals surface area contributed by atoms with Crippen LogP contribution >= 0.6 is 0 Å². The zero-order chi connectivity index (χ0) is 19.4. The Hall–Kier alpha value is -3.33. The highest BCUT2D eigenvalue weighted by Crippen LogP contribution is 2.29. The van der Waals surface area contributed by atoms with Gasteiger partial charge in [0.05, 0.1) is 18.2 Å². The molecule has 6 heteroatoms. The van der Waals surface area contributed by atoms with Gasteiger partial charge in [0.2, 0.25) is 0 Å². The van der Waals surface area contributed by atoms with Gasteiger partial charge < -0.3 is 10.1 Å². The van der Waals surface area contributed by atoms with Crippen LogP contribution in [0.1, 0.15) is 30.0 Å². The molecule has 1 N–H and O–H groups in total. The highest BCUT2D eigenvalue weighted by atomic mass is 16.5. The number of hydrogen-bond acceptors (Lipinski definition) is 4. The van der Waals surface area contributed by atoms with Crippen LogP contribution in [0.2, 0.25) is 0 Å². The van der Waals surface area contributed by atoms with E-state index in [1.807, 2.05) is 31.2 Å². The van der Waals surface area contributed by atoms with E-state index in [0.717, 1.165) is 11.1 Å². The normalized spacial score (nSPS) is 18.9. The van der Waals surface area contributed by atoms with Crippen molar-refractivity contribution in [1.82, 2.24) is 10.2 Å². The summed E-state index contributed by atoms with van der Waals surface area (Å²) in [5.74, 6) is 0.332. The second-order valence-electron chi connectivity index (χ2n) is 6.72. The van der Waals surface area contributed by atoms with Crippen LogP contribution in [0.4, 0.5) is 4.79 Å². The molecular formula is C21H21N3O3. The molecule has 1 aliphatic heterocycles. The summed E-state index contributed by atoms with van der Waals surface area (Å²) in [5, 5.41) is 11.7. The first-order chi connectivity index (χ1) is 12.9. The minimum Gasteiger partial charge on any atom is -0.493 e. The van der Waals surface area contributed by atoms with E-state index >= 15 is 0 Å². The van der Waals surface area contributed by atoms with E-state index in [0.29, 0.717) is 24.3 Å². The van der Waals surface area contributed by atoms with Crippen molar-refractivity contribution in [3.05, 3.63) is 65.2 Å². The van der Waals surface area contributed by atoms with Gasteiger partial charge in [-0.1, -0.05) is 35.9 Å². The molecule has 1 heterocycles. The first-order valence-electron chi connectivity index (χ1n) is 8.78. The van der Waals surface area contributed by atoms with Crippen LogP contribution in [0.3, 0.4) is 0 Å². The molecule has 1 unspecified atom stereocenters. The third-order valence-electron chi connectivity index (χ3n) is 4.66. The number of aryl methyl sites for hydroxylation is 1. The van der Waals surface area contributed by atoms with Gasteiger partial charge in [0.15, 0.2) is 0 Å². The minimum absolute atomic E-state index is 0.261. The van der Waals surface area contributed by atoms with E-state index in [1.54, 1.807) is 31.2 Å². The van der Waals surface area contributed by atoms with Gasteiger partial charge in [-0.15, -0.1) is 0 Å². The molecule has 1 aliphatic rings. The zero-order valence-electron chi connectivity index (χ0n) is 15.4. The summed E-state index contributed by atoms with van der Waals surface area (Å²) in [4.78, 5) is 26.4. The third kappa shape index (κ3) is 3.77. The summed E-state index contributed by atoms with van der Waals surface area (Å²) >= 11 is 0. The number of carbonyl (C=O) groups is 2. The molecule has 1 saturated heterocycles. The maximum Gasteiger partial charge on any atom is 0.325 e. The van der Waals surface area contributed by atoms with Crippen LogP contribution in [0.5, 0.6) is 5.75 Å². The fourth-order valence-electron chi connectivity index (χ4n) is 3.05. The fourth-order valence-corrected chi connectivity index (χ4v) is 3.05. The van der Waals surface area contributed by atoms with Crippen molar-refractivity contribution < 1.29 is 14.3 Å². The molecule has 1 atom stereocenters. The molecule has 6 nitrogen and oxygen atoms in total. The Balaban J connectivity index is 1.59. The van der Waals surface area contributed by atoms with Crippen molar-refractivity contribution in [3.63, 3.8) is 0 Å². The summed E-state index contributed by atoms with van der Waals surface area (Å²) in [7, 11) is 0. The van der Waals surface area contributed by atoms with Gasteiger partial charge >= 0.3 is 6.03 Å². The predicted octanol–water partition coefficient (Wildman–Crippen LogP) is 3.10. The quantitative estimate of drug-likeness (QED) is 0.631.